The number of nitro groups is 1. The van der Waals surface area contributed by atoms with Gasteiger partial charge in [0.1, 0.15) is 11.5 Å². The Morgan fingerprint density at radius 2 is 1.76 bits per heavy atom. The number of nitrogens with two attached hydrogens (primary N) is 1. The normalized spacial score (nSPS) is 15.2. The highest BCUT2D eigenvalue weighted by molar-refractivity contribution is 7.89. The van der Waals surface area contributed by atoms with Crippen molar-refractivity contribution in [3.05, 3.63) is 52.7 Å². The van der Waals surface area contributed by atoms with Crippen LogP contribution in [0.25, 0.3) is 0 Å². The van der Waals surface area contributed by atoms with Crippen LogP contribution in [0.4, 0.5) is 17.2 Å². The first-order chi connectivity index (χ1) is 11.9. The van der Waals surface area contributed by atoms with Crippen molar-refractivity contribution in [2.75, 3.05) is 36.0 Å². The van der Waals surface area contributed by atoms with Crippen molar-refractivity contribution in [3.8, 4) is 0 Å². The number of nitrogens with zero attached hydrogens (tertiary/aromatic N) is 4. The van der Waals surface area contributed by atoms with E-state index in [1.807, 2.05) is 23.1 Å². The monoisotopic (exact) mass is 363 g/mol. The van der Waals surface area contributed by atoms with E-state index in [4.69, 9.17) is 5.14 Å². The van der Waals surface area contributed by atoms with Crippen molar-refractivity contribution >= 4 is 27.2 Å². The zero-order valence-electron chi connectivity index (χ0n) is 13.3. The molecule has 132 valence electrons. The second-order valence-electron chi connectivity index (χ2n) is 5.61. The fourth-order valence-corrected chi connectivity index (χ4v) is 3.34. The Kier molecular flexibility index (Phi) is 4.55. The molecule has 25 heavy (non-hydrogen) atoms. The first kappa shape index (κ1) is 17.1. The predicted molar refractivity (Wildman–Crippen MR) is 93.1 cm³/mol. The number of hydrogen-bond donors (Lipinski definition) is 1. The van der Waals surface area contributed by atoms with Crippen molar-refractivity contribution in [1.82, 2.24) is 4.98 Å². The minimum atomic E-state index is -3.99. The predicted octanol–water partition coefficient (Wildman–Crippen LogP) is 0.964. The highest BCUT2D eigenvalue weighted by Gasteiger charge is 2.26. The zero-order chi connectivity index (χ0) is 18.0. The molecule has 1 fully saturated rings. The van der Waals surface area contributed by atoms with Crippen LogP contribution >= 0.6 is 0 Å². The van der Waals surface area contributed by atoms with Crippen molar-refractivity contribution in [2.24, 2.45) is 5.14 Å². The Morgan fingerprint density at radius 1 is 1.08 bits per heavy atom. The Morgan fingerprint density at radius 3 is 2.32 bits per heavy atom. The van der Waals surface area contributed by atoms with Crippen molar-refractivity contribution in [1.29, 1.82) is 0 Å². The fourth-order valence-electron chi connectivity index (χ4n) is 2.81. The maximum Gasteiger partial charge on any atom is 0.293 e. The second-order valence-corrected chi connectivity index (χ2v) is 7.18. The molecule has 0 amide bonds. The van der Waals surface area contributed by atoms with Crippen LogP contribution in [0.1, 0.15) is 0 Å². The van der Waals surface area contributed by atoms with Crippen LogP contribution in [0.5, 0.6) is 0 Å². The van der Waals surface area contributed by atoms with E-state index in [1.54, 1.807) is 6.20 Å². The molecule has 0 atom stereocenters. The van der Waals surface area contributed by atoms with Crippen LogP contribution in [0.15, 0.2) is 47.5 Å². The van der Waals surface area contributed by atoms with E-state index >= 15 is 0 Å². The lowest BCUT2D eigenvalue weighted by molar-refractivity contribution is -0.384. The molecule has 1 aromatic heterocycles. The van der Waals surface area contributed by atoms with Gasteiger partial charge in [-0.3, -0.25) is 10.1 Å². The van der Waals surface area contributed by atoms with E-state index in [1.165, 1.54) is 12.1 Å². The number of hydrogen-bond acceptors (Lipinski definition) is 7. The summed E-state index contributed by atoms with van der Waals surface area (Å²) in [7, 11) is -3.99. The quantitative estimate of drug-likeness (QED) is 0.634. The molecule has 0 unspecified atom stereocenters. The Bertz CT molecular complexity index is 880. The molecule has 2 N–H and O–H groups in total. The van der Waals surface area contributed by atoms with Crippen LogP contribution in [0.2, 0.25) is 0 Å². The number of benzene rings is 1. The summed E-state index contributed by atoms with van der Waals surface area (Å²) in [5, 5.41) is 16.4. The van der Waals surface area contributed by atoms with Crippen LogP contribution in [0.3, 0.4) is 0 Å². The van der Waals surface area contributed by atoms with Gasteiger partial charge < -0.3 is 9.80 Å². The fraction of sp³-hybridized carbons (Fsp3) is 0.267. The van der Waals surface area contributed by atoms with Crippen molar-refractivity contribution in [2.45, 2.75) is 4.90 Å². The van der Waals surface area contributed by atoms with Gasteiger partial charge in [-0.2, -0.15) is 0 Å². The molecule has 0 bridgehead atoms. The van der Waals surface area contributed by atoms with Gasteiger partial charge in [0.25, 0.3) is 5.69 Å². The largest absolute Gasteiger partial charge is 0.362 e. The molecule has 3 rings (SSSR count). The molecule has 9 nitrogen and oxygen atoms in total. The maximum atomic E-state index is 11.4. The van der Waals surface area contributed by atoms with E-state index in [0.717, 1.165) is 11.9 Å². The third kappa shape index (κ3) is 3.69. The molecule has 0 spiro atoms. The molecule has 1 aliphatic rings. The minimum Gasteiger partial charge on any atom is -0.362 e. The molecular weight excluding hydrogens is 346 g/mol. The number of anilines is 2. The zero-order valence-corrected chi connectivity index (χ0v) is 14.1. The number of aromatic nitrogens is 1. The van der Waals surface area contributed by atoms with E-state index < -0.39 is 14.9 Å². The van der Waals surface area contributed by atoms with Gasteiger partial charge in [-0.25, -0.2) is 18.5 Å². The Labute approximate surface area is 144 Å². The van der Waals surface area contributed by atoms with Gasteiger partial charge >= 0.3 is 0 Å². The number of piperazine rings is 1. The van der Waals surface area contributed by atoms with Crippen LogP contribution in [-0.4, -0.2) is 44.5 Å². The molecule has 0 radical (unpaired) electrons. The average molecular weight is 363 g/mol. The van der Waals surface area contributed by atoms with E-state index in [9.17, 15) is 18.5 Å². The number of nitro benzene ring substituents is 1. The lowest BCUT2D eigenvalue weighted by Gasteiger charge is -2.36. The first-order valence-corrected chi connectivity index (χ1v) is 9.13. The third-order valence-corrected chi connectivity index (χ3v) is 4.98. The van der Waals surface area contributed by atoms with Gasteiger partial charge in [0.15, 0.2) is 0 Å². The van der Waals surface area contributed by atoms with Gasteiger partial charge in [0.05, 0.1) is 9.82 Å². The number of sulfonamides is 1. The summed E-state index contributed by atoms with van der Waals surface area (Å²) in [5.41, 5.74) is 0.121. The smallest absolute Gasteiger partial charge is 0.293 e. The van der Waals surface area contributed by atoms with Crippen LogP contribution in [-0.2, 0) is 10.0 Å². The average Bonchev–Trinajstić information content (AvgIpc) is 2.61. The maximum absolute atomic E-state index is 11.4. The Hall–Kier alpha value is -2.72. The summed E-state index contributed by atoms with van der Waals surface area (Å²) < 4.78 is 22.8. The van der Waals surface area contributed by atoms with E-state index in [2.05, 4.69) is 9.88 Å². The van der Waals surface area contributed by atoms with Crippen LogP contribution < -0.4 is 14.9 Å². The summed E-state index contributed by atoms with van der Waals surface area (Å²) in [5.74, 6) is 0.862. The summed E-state index contributed by atoms with van der Waals surface area (Å²) in [6.07, 6.45) is 1.72. The number of pyridine rings is 1. The second kappa shape index (κ2) is 6.65. The number of primary sulfonamides is 1. The van der Waals surface area contributed by atoms with Crippen LogP contribution in [0, 0.1) is 10.1 Å². The van der Waals surface area contributed by atoms with Crippen molar-refractivity contribution in [3.63, 3.8) is 0 Å². The first-order valence-electron chi connectivity index (χ1n) is 7.58. The molecule has 2 heterocycles. The molecular formula is C15H17N5O4S. The molecule has 2 aromatic rings. The molecule has 0 aliphatic carbocycles. The SMILES string of the molecule is NS(=O)(=O)c1ccc(N2CCN(c3ccccn3)CC2)c([N+](=O)[O-])c1. The minimum absolute atomic E-state index is 0.266. The van der Waals surface area contributed by atoms with Gasteiger partial charge in [-0.1, -0.05) is 6.07 Å². The lowest BCUT2D eigenvalue weighted by atomic mass is 10.2. The summed E-state index contributed by atoms with van der Waals surface area (Å²) in [6, 6.07) is 9.41. The molecule has 0 saturated carbocycles. The summed E-state index contributed by atoms with van der Waals surface area (Å²) in [4.78, 5) is 18.8. The Balaban J connectivity index is 1.82. The molecule has 1 saturated heterocycles. The lowest BCUT2D eigenvalue weighted by Crippen LogP contribution is -2.47. The third-order valence-electron chi connectivity index (χ3n) is 4.07. The van der Waals surface area contributed by atoms with Gasteiger partial charge in [0.2, 0.25) is 10.0 Å². The summed E-state index contributed by atoms with van der Waals surface area (Å²) in [6.45, 7) is 2.44. The summed E-state index contributed by atoms with van der Waals surface area (Å²) >= 11 is 0. The molecule has 10 heteroatoms. The van der Waals surface area contributed by atoms with E-state index in [0.29, 0.717) is 31.9 Å². The number of rotatable bonds is 4. The molecule has 1 aromatic carbocycles. The highest BCUT2D eigenvalue weighted by atomic mass is 32.2. The topological polar surface area (TPSA) is 123 Å². The standard InChI is InChI=1S/C15H17N5O4S/c16-25(23,24)12-4-5-13(14(11-12)20(21)22)18-7-9-19(10-8-18)15-3-1-2-6-17-15/h1-6,11H,7-10H2,(H2,16,23,24). The van der Waals surface area contributed by atoms with Gasteiger partial charge in [0, 0.05) is 38.4 Å². The van der Waals surface area contributed by atoms with Crippen molar-refractivity contribution < 1.29 is 13.3 Å². The van der Waals surface area contributed by atoms with E-state index in [-0.39, 0.29) is 10.6 Å². The van der Waals surface area contributed by atoms with Gasteiger partial charge in [-0.15, -0.1) is 0 Å². The van der Waals surface area contributed by atoms with Gasteiger partial charge in [-0.05, 0) is 24.3 Å². The highest BCUT2D eigenvalue weighted by Crippen LogP contribution is 2.31. The molecule has 1 aliphatic heterocycles.